The maximum Gasteiger partial charge on any atom is 0.417 e. The Morgan fingerprint density at radius 1 is 1.05 bits per heavy atom. The Morgan fingerprint density at radius 2 is 1.79 bits per heavy atom. The monoisotopic (exact) mass is 535 g/mol. The third-order valence-electron chi connectivity index (χ3n) is 5.84. The molecule has 5 aromatic rings. The number of nitrogens with one attached hydrogen (secondary N) is 2. The number of thiophene rings is 1. The number of rotatable bonds is 6. The molecule has 3 heterocycles. The summed E-state index contributed by atoms with van der Waals surface area (Å²) in [6.07, 6.45) is -4.35. The average molecular weight is 536 g/mol. The Kier molecular flexibility index (Phi) is 6.68. The molecule has 0 aliphatic heterocycles. The van der Waals surface area contributed by atoms with E-state index in [1.165, 1.54) is 34.2 Å². The van der Waals surface area contributed by atoms with E-state index < -0.39 is 23.2 Å². The van der Waals surface area contributed by atoms with Gasteiger partial charge in [0, 0.05) is 18.1 Å². The molecule has 0 bridgehead atoms. The lowest BCUT2D eigenvalue weighted by Crippen LogP contribution is -2.23. The van der Waals surface area contributed by atoms with Gasteiger partial charge in [-0.05, 0) is 36.1 Å². The van der Waals surface area contributed by atoms with E-state index in [1.807, 2.05) is 47.8 Å². The number of aryl methyl sites for hydroxylation is 1. The van der Waals surface area contributed by atoms with E-state index in [-0.39, 0.29) is 17.3 Å². The number of carbonyl (C=O) groups is 1. The van der Waals surface area contributed by atoms with Crippen molar-refractivity contribution in [3.05, 3.63) is 116 Å². The SMILES string of the molecule is Cc1nc(-n2nc(-c3cccs3)cc2NC(=O)c2ccccc2C(F)(F)F)[nH]c(=O)c1Cc1ccccc1. The van der Waals surface area contributed by atoms with Crippen LogP contribution in [0.4, 0.5) is 19.0 Å². The smallest absolute Gasteiger partial charge is 0.306 e. The highest BCUT2D eigenvalue weighted by Gasteiger charge is 2.35. The number of carbonyl (C=O) groups excluding carboxylic acids is 1. The summed E-state index contributed by atoms with van der Waals surface area (Å²) < 4.78 is 41.8. The third kappa shape index (κ3) is 5.14. The lowest BCUT2D eigenvalue weighted by atomic mass is 10.1. The third-order valence-corrected chi connectivity index (χ3v) is 6.73. The van der Waals surface area contributed by atoms with Gasteiger partial charge in [-0.2, -0.15) is 23.0 Å². The van der Waals surface area contributed by atoms with E-state index in [0.29, 0.717) is 23.4 Å². The summed E-state index contributed by atoms with van der Waals surface area (Å²) >= 11 is 1.39. The maximum absolute atomic E-state index is 13.5. The minimum atomic E-state index is -4.71. The molecule has 0 radical (unpaired) electrons. The molecule has 11 heteroatoms. The Bertz CT molecular complexity index is 1660. The van der Waals surface area contributed by atoms with Gasteiger partial charge in [-0.25, -0.2) is 4.98 Å². The summed E-state index contributed by atoms with van der Waals surface area (Å²) in [7, 11) is 0. The van der Waals surface area contributed by atoms with Crippen LogP contribution in [-0.2, 0) is 12.6 Å². The second-order valence-corrected chi connectivity index (χ2v) is 9.36. The van der Waals surface area contributed by atoms with Crippen LogP contribution in [0.15, 0.2) is 83.0 Å². The molecule has 1 amide bonds. The number of H-pyrrole nitrogens is 1. The molecule has 5 rings (SSSR count). The Morgan fingerprint density at radius 3 is 2.47 bits per heavy atom. The molecule has 2 aromatic carbocycles. The highest BCUT2D eigenvalue weighted by atomic mass is 32.1. The van der Waals surface area contributed by atoms with Gasteiger partial charge in [0.15, 0.2) is 0 Å². The van der Waals surface area contributed by atoms with E-state index in [4.69, 9.17) is 0 Å². The summed E-state index contributed by atoms with van der Waals surface area (Å²) in [5.74, 6) is -0.906. The number of nitrogens with zero attached hydrogens (tertiary/aromatic N) is 3. The Hall–Kier alpha value is -4.51. The first-order valence-electron chi connectivity index (χ1n) is 11.5. The molecule has 2 N–H and O–H groups in total. The first-order chi connectivity index (χ1) is 18.2. The molecule has 0 aliphatic carbocycles. The van der Waals surface area contributed by atoms with E-state index in [9.17, 15) is 22.8 Å². The molecular weight excluding hydrogens is 515 g/mol. The minimum Gasteiger partial charge on any atom is -0.306 e. The molecule has 0 unspecified atom stereocenters. The van der Waals surface area contributed by atoms with Crippen LogP contribution in [0.2, 0.25) is 0 Å². The average Bonchev–Trinajstić information content (AvgIpc) is 3.57. The molecule has 0 atom stereocenters. The molecule has 0 saturated heterocycles. The van der Waals surface area contributed by atoms with Crippen molar-refractivity contribution >= 4 is 23.1 Å². The lowest BCUT2D eigenvalue weighted by Gasteiger charge is -2.13. The van der Waals surface area contributed by atoms with Crippen molar-refractivity contribution in [2.75, 3.05) is 5.32 Å². The van der Waals surface area contributed by atoms with E-state index in [0.717, 1.165) is 22.6 Å². The van der Waals surface area contributed by atoms with Crippen LogP contribution in [0.25, 0.3) is 16.5 Å². The summed E-state index contributed by atoms with van der Waals surface area (Å²) in [4.78, 5) is 34.0. The second kappa shape index (κ2) is 10.1. The van der Waals surface area contributed by atoms with Gasteiger partial charge in [0.05, 0.1) is 21.7 Å². The predicted octanol–water partition coefficient (Wildman–Crippen LogP) is 5.85. The number of halogens is 3. The summed E-state index contributed by atoms with van der Waals surface area (Å²) in [6.45, 7) is 1.69. The zero-order valence-corrected chi connectivity index (χ0v) is 20.7. The van der Waals surface area contributed by atoms with Crippen LogP contribution >= 0.6 is 11.3 Å². The number of alkyl halides is 3. The van der Waals surface area contributed by atoms with Crippen LogP contribution in [0.5, 0.6) is 0 Å². The zero-order chi connectivity index (χ0) is 26.9. The van der Waals surface area contributed by atoms with Crippen LogP contribution in [-0.4, -0.2) is 25.7 Å². The fourth-order valence-corrected chi connectivity index (χ4v) is 4.67. The largest absolute Gasteiger partial charge is 0.417 e. The van der Waals surface area contributed by atoms with Gasteiger partial charge < -0.3 is 5.32 Å². The first kappa shape index (κ1) is 25.2. The van der Waals surface area contributed by atoms with Crippen molar-refractivity contribution in [2.24, 2.45) is 0 Å². The maximum atomic E-state index is 13.5. The molecular formula is C27H20F3N5O2S. The normalized spacial score (nSPS) is 11.5. The highest BCUT2D eigenvalue weighted by Crippen LogP contribution is 2.33. The molecule has 0 aliphatic rings. The number of aromatic nitrogens is 4. The van der Waals surface area contributed by atoms with Crippen molar-refractivity contribution in [3.8, 4) is 16.5 Å². The van der Waals surface area contributed by atoms with E-state index >= 15 is 0 Å². The molecule has 0 spiro atoms. The number of benzene rings is 2. The van der Waals surface area contributed by atoms with Gasteiger partial charge in [-0.3, -0.25) is 14.6 Å². The van der Waals surface area contributed by atoms with E-state index in [2.05, 4.69) is 20.4 Å². The highest BCUT2D eigenvalue weighted by molar-refractivity contribution is 7.13. The van der Waals surface area contributed by atoms with Crippen LogP contribution in [0.1, 0.15) is 32.7 Å². The lowest BCUT2D eigenvalue weighted by molar-refractivity contribution is -0.137. The molecule has 0 fully saturated rings. The number of hydrogen-bond acceptors (Lipinski definition) is 5. The van der Waals surface area contributed by atoms with Gasteiger partial charge in [-0.15, -0.1) is 11.3 Å². The Balaban J connectivity index is 1.55. The topological polar surface area (TPSA) is 92.7 Å². The quantitative estimate of drug-likeness (QED) is 0.285. The van der Waals surface area contributed by atoms with Gasteiger partial charge in [0.2, 0.25) is 5.95 Å². The molecule has 3 aromatic heterocycles. The van der Waals surface area contributed by atoms with Crippen LogP contribution in [0, 0.1) is 6.92 Å². The summed E-state index contributed by atoms with van der Waals surface area (Å²) in [5.41, 5.74) is 0.329. The molecule has 0 saturated carbocycles. The van der Waals surface area contributed by atoms with Crippen LogP contribution < -0.4 is 10.9 Å². The van der Waals surface area contributed by atoms with Crippen molar-refractivity contribution in [2.45, 2.75) is 19.5 Å². The Labute approximate surface area is 218 Å². The first-order valence-corrected chi connectivity index (χ1v) is 12.3. The standard InChI is InChI=1S/C27H20F3N5O2S/c1-16-19(14-17-8-3-2-4-9-17)25(37)33-26(31-16)35-23(15-21(34-35)22-12-7-13-38-22)32-24(36)18-10-5-6-11-20(18)27(28,29)30/h2-13,15H,14H2,1H3,(H,32,36)(H,31,33,37). The predicted molar refractivity (Wildman–Crippen MR) is 139 cm³/mol. The summed E-state index contributed by atoms with van der Waals surface area (Å²) in [6, 6.07) is 19.1. The van der Waals surface area contributed by atoms with Gasteiger partial charge in [-0.1, -0.05) is 48.5 Å². The number of amides is 1. The second-order valence-electron chi connectivity index (χ2n) is 8.42. The summed E-state index contributed by atoms with van der Waals surface area (Å²) in [5, 5.41) is 8.85. The van der Waals surface area contributed by atoms with Gasteiger partial charge in [0.25, 0.3) is 11.5 Å². The van der Waals surface area contributed by atoms with Gasteiger partial charge in [0.1, 0.15) is 11.5 Å². The molecule has 7 nitrogen and oxygen atoms in total. The fourth-order valence-electron chi connectivity index (χ4n) is 3.99. The van der Waals surface area contributed by atoms with Crippen molar-refractivity contribution in [1.29, 1.82) is 0 Å². The number of aromatic amines is 1. The fraction of sp³-hybridized carbons (Fsp3) is 0.111. The van der Waals surface area contributed by atoms with Gasteiger partial charge >= 0.3 is 6.18 Å². The van der Waals surface area contributed by atoms with Crippen LogP contribution in [0.3, 0.4) is 0 Å². The molecule has 192 valence electrons. The number of anilines is 1. The van der Waals surface area contributed by atoms with Crippen molar-refractivity contribution in [1.82, 2.24) is 19.7 Å². The van der Waals surface area contributed by atoms with Crippen molar-refractivity contribution in [3.63, 3.8) is 0 Å². The van der Waals surface area contributed by atoms with Crippen molar-refractivity contribution < 1.29 is 18.0 Å². The molecule has 38 heavy (non-hydrogen) atoms. The minimum absolute atomic E-state index is 0.0199. The van der Waals surface area contributed by atoms with E-state index in [1.54, 1.807) is 6.92 Å². The number of hydrogen-bond donors (Lipinski definition) is 2. The zero-order valence-electron chi connectivity index (χ0n) is 19.9.